The van der Waals surface area contributed by atoms with Crippen molar-refractivity contribution in [3.05, 3.63) is 200 Å². The molecule has 2 nitrogen and oxygen atoms in total. The van der Waals surface area contributed by atoms with E-state index in [1.165, 1.54) is 98.5 Å². The first-order valence-corrected chi connectivity index (χ1v) is 20.3. The molecular formula is C53H36N2S. The summed E-state index contributed by atoms with van der Waals surface area (Å²) in [5.41, 5.74) is 13.7. The highest BCUT2D eigenvalue weighted by molar-refractivity contribution is 8.01. The van der Waals surface area contributed by atoms with Crippen LogP contribution >= 0.6 is 11.8 Å². The van der Waals surface area contributed by atoms with Gasteiger partial charge in [-0.1, -0.05) is 140 Å². The molecule has 0 fully saturated rings. The van der Waals surface area contributed by atoms with E-state index >= 15 is 0 Å². The molecule has 0 N–H and O–H groups in total. The highest BCUT2D eigenvalue weighted by atomic mass is 32.2. The molecule has 1 aliphatic heterocycles. The Morgan fingerprint density at radius 1 is 0.464 bits per heavy atom. The van der Waals surface area contributed by atoms with E-state index < -0.39 is 0 Å². The molecule has 3 heteroatoms. The molecule has 2 unspecified atom stereocenters. The number of fused-ring (bicyclic) bond motifs is 10. The number of rotatable bonds is 4. The maximum atomic E-state index is 2.48. The van der Waals surface area contributed by atoms with E-state index in [0.29, 0.717) is 5.92 Å². The lowest BCUT2D eigenvalue weighted by atomic mass is 9.80. The van der Waals surface area contributed by atoms with Gasteiger partial charge in [0, 0.05) is 48.2 Å². The van der Waals surface area contributed by atoms with Crippen molar-refractivity contribution in [2.24, 2.45) is 0 Å². The second-order valence-electron chi connectivity index (χ2n) is 15.4. The minimum absolute atomic E-state index is 0.0385. The summed E-state index contributed by atoms with van der Waals surface area (Å²) in [6, 6.07) is 62.9. The van der Waals surface area contributed by atoms with Gasteiger partial charge < -0.3 is 9.13 Å². The van der Waals surface area contributed by atoms with Gasteiger partial charge in [-0.05, 0) is 94.7 Å². The smallest absolute Gasteiger partial charge is 0.0547 e. The van der Waals surface area contributed by atoms with Gasteiger partial charge in [0.15, 0.2) is 0 Å². The van der Waals surface area contributed by atoms with Crippen LogP contribution in [0, 0.1) is 0 Å². The third-order valence-corrected chi connectivity index (χ3v) is 13.7. The van der Waals surface area contributed by atoms with Crippen molar-refractivity contribution in [3.63, 3.8) is 0 Å². The predicted octanol–water partition coefficient (Wildman–Crippen LogP) is 14.4. The Labute approximate surface area is 329 Å². The molecule has 0 spiro atoms. The van der Waals surface area contributed by atoms with E-state index in [9.17, 15) is 0 Å². The molecule has 2 aliphatic rings. The van der Waals surface area contributed by atoms with Gasteiger partial charge in [-0.2, -0.15) is 0 Å². The summed E-state index contributed by atoms with van der Waals surface area (Å²) < 4.78 is 4.92. The summed E-state index contributed by atoms with van der Waals surface area (Å²) in [5.74, 6) is 0.344. The Bertz CT molecular complexity index is 3310. The third-order valence-electron chi connectivity index (χ3n) is 12.3. The molecule has 0 bridgehead atoms. The fourth-order valence-electron chi connectivity index (χ4n) is 9.76. The molecular weight excluding hydrogens is 697 g/mol. The van der Waals surface area contributed by atoms with Crippen LogP contribution in [0.25, 0.3) is 88.0 Å². The lowest BCUT2D eigenvalue weighted by molar-refractivity contribution is 0.703. The molecule has 56 heavy (non-hydrogen) atoms. The summed E-state index contributed by atoms with van der Waals surface area (Å²) in [7, 11) is 0. The lowest BCUT2D eigenvalue weighted by Gasteiger charge is -2.28. The van der Waals surface area contributed by atoms with Crippen LogP contribution in [0.2, 0.25) is 0 Å². The Morgan fingerprint density at radius 3 is 1.98 bits per heavy atom. The second-order valence-corrected chi connectivity index (χ2v) is 16.9. The average Bonchev–Trinajstić information content (AvgIpc) is 3.87. The van der Waals surface area contributed by atoms with Crippen molar-refractivity contribution in [1.29, 1.82) is 0 Å². The number of nitrogens with zero attached hydrogens (tertiary/aromatic N) is 2. The van der Waals surface area contributed by atoms with Crippen LogP contribution in [0.4, 0.5) is 0 Å². The fraction of sp³-hybridized carbons (Fsp3) is 0.0566. The molecule has 3 heterocycles. The Morgan fingerprint density at radius 2 is 1.11 bits per heavy atom. The number of benzene rings is 8. The normalized spacial score (nSPS) is 17.4. The van der Waals surface area contributed by atoms with E-state index in [1.807, 2.05) is 11.8 Å². The first-order chi connectivity index (χ1) is 27.6. The van der Waals surface area contributed by atoms with Crippen LogP contribution in [-0.4, -0.2) is 13.9 Å². The molecule has 0 radical (unpaired) electrons. The number of para-hydroxylation sites is 3. The van der Waals surface area contributed by atoms with Gasteiger partial charge in [0.2, 0.25) is 0 Å². The van der Waals surface area contributed by atoms with Crippen LogP contribution in [0.1, 0.15) is 18.4 Å². The Kier molecular flexibility index (Phi) is 6.79. The Hall–Kier alpha value is -6.55. The molecule has 0 saturated heterocycles. The van der Waals surface area contributed by atoms with E-state index in [-0.39, 0.29) is 4.75 Å². The summed E-state index contributed by atoms with van der Waals surface area (Å²) >= 11 is 2.00. The topological polar surface area (TPSA) is 9.86 Å². The summed E-state index contributed by atoms with van der Waals surface area (Å²) in [4.78, 5) is 1.39. The standard InChI is InChI=1S/C53H36N2S/c1-53-31-10-9-22-45(53)52-43(21-13-26-51(52)56-53)38-18-11-20-39-37(38)19-12-25-48(39)55-47-24-8-6-17-41(47)44-32-34(28-30-49(44)55)35-27-29-42-40-16-5-7-23-46(40)54(50(42)33-35)36-14-3-2-4-15-36/h2-33,45H,1H3. The highest BCUT2D eigenvalue weighted by Gasteiger charge is 2.42. The summed E-state index contributed by atoms with van der Waals surface area (Å²) in [6.45, 7) is 2.38. The molecule has 2 aromatic heterocycles. The zero-order valence-corrected chi connectivity index (χ0v) is 31.7. The van der Waals surface area contributed by atoms with Crippen molar-refractivity contribution >= 4 is 66.1 Å². The molecule has 12 rings (SSSR count). The predicted molar refractivity (Wildman–Crippen MR) is 239 cm³/mol. The first-order valence-electron chi connectivity index (χ1n) is 19.5. The zero-order valence-electron chi connectivity index (χ0n) is 30.9. The van der Waals surface area contributed by atoms with Gasteiger partial charge in [-0.25, -0.2) is 0 Å². The van der Waals surface area contributed by atoms with Crippen molar-refractivity contribution in [1.82, 2.24) is 9.13 Å². The van der Waals surface area contributed by atoms with Crippen molar-refractivity contribution in [2.45, 2.75) is 22.5 Å². The lowest BCUT2D eigenvalue weighted by Crippen LogP contribution is -2.22. The third kappa shape index (κ3) is 4.52. The van der Waals surface area contributed by atoms with Gasteiger partial charge >= 0.3 is 0 Å². The number of allylic oxidation sites excluding steroid dienone is 3. The van der Waals surface area contributed by atoms with E-state index in [2.05, 4.69) is 210 Å². The van der Waals surface area contributed by atoms with Crippen LogP contribution in [0.15, 0.2) is 199 Å². The zero-order chi connectivity index (χ0) is 37.0. The van der Waals surface area contributed by atoms with Gasteiger partial charge in [0.1, 0.15) is 0 Å². The van der Waals surface area contributed by atoms with E-state index in [4.69, 9.17) is 0 Å². The average molecular weight is 733 g/mol. The second kappa shape index (κ2) is 12.0. The largest absolute Gasteiger partial charge is 0.309 e. The first kappa shape index (κ1) is 31.8. The summed E-state index contributed by atoms with van der Waals surface area (Å²) in [5, 5.41) is 7.57. The molecule has 0 amide bonds. The van der Waals surface area contributed by atoms with Gasteiger partial charge in [0.05, 0.1) is 27.8 Å². The summed E-state index contributed by atoms with van der Waals surface area (Å²) in [6.07, 6.45) is 9.20. The van der Waals surface area contributed by atoms with Crippen LogP contribution in [0.5, 0.6) is 0 Å². The highest BCUT2D eigenvalue weighted by Crippen LogP contribution is 2.58. The van der Waals surface area contributed by atoms with Gasteiger partial charge in [-0.15, -0.1) is 11.8 Å². The Balaban J connectivity index is 1.04. The van der Waals surface area contributed by atoms with Gasteiger partial charge in [0.25, 0.3) is 0 Å². The maximum absolute atomic E-state index is 2.48. The maximum Gasteiger partial charge on any atom is 0.0547 e. The quantitative estimate of drug-likeness (QED) is 0.175. The minimum Gasteiger partial charge on any atom is -0.309 e. The van der Waals surface area contributed by atoms with Crippen molar-refractivity contribution in [3.8, 4) is 33.6 Å². The van der Waals surface area contributed by atoms with Gasteiger partial charge in [-0.3, -0.25) is 0 Å². The van der Waals surface area contributed by atoms with Crippen LogP contribution in [-0.2, 0) is 0 Å². The SMILES string of the molecule is CC12C=CC=CC1c1c(cccc1-c1cccc3c(-n4c5ccccc5c5cc(-c6ccc7c8ccccc8n(-c8ccccc8)c7c6)ccc54)cccc13)S2. The van der Waals surface area contributed by atoms with E-state index in [1.54, 1.807) is 0 Å². The number of aromatic nitrogens is 2. The number of hydrogen-bond acceptors (Lipinski definition) is 1. The van der Waals surface area contributed by atoms with Crippen molar-refractivity contribution < 1.29 is 0 Å². The van der Waals surface area contributed by atoms with Crippen LogP contribution < -0.4 is 0 Å². The van der Waals surface area contributed by atoms with E-state index in [0.717, 1.165) is 0 Å². The molecule has 8 aromatic carbocycles. The molecule has 2 atom stereocenters. The number of thioether (sulfide) groups is 1. The molecule has 1 aliphatic carbocycles. The molecule has 0 saturated carbocycles. The fourth-order valence-corrected chi connectivity index (χ4v) is 11.2. The molecule has 264 valence electrons. The number of hydrogen-bond donors (Lipinski definition) is 0. The van der Waals surface area contributed by atoms with Crippen molar-refractivity contribution in [2.75, 3.05) is 0 Å². The van der Waals surface area contributed by atoms with Crippen LogP contribution in [0.3, 0.4) is 0 Å². The molecule has 10 aromatic rings. The minimum atomic E-state index is 0.0385. The monoisotopic (exact) mass is 732 g/mol.